The average Bonchev–Trinajstić information content (AvgIpc) is 2.72. The van der Waals surface area contributed by atoms with Gasteiger partial charge in [0, 0.05) is 13.1 Å². The molecule has 0 aliphatic heterocycles. The number of carbonyl (C=O) groups is 1. The number of hydrogen-bond acceptors (Lipinski definition) is 6. The third-order valence-corrected chi connectivity index (χ3v) is 8.65. The first-order valence-corrected chi connectivity index (χ1v) is 12.8. The molecule has 7 nitrogen and oxygen atoms in total. The molecule has 0 unspecified atom stereocenters. The van der Waals surface area contributed by atoms with Crippen molar-refractivity contribution in [1.82, 2.24) is 4.31 Å². The highest BCUT2D eigenvalue weighted by atomic mass is 32.2. The maximum Gasteiger partial charge on any atom is 0.338 e. The summed E-state index contributed by atoms with van der Waals surface area (Å²) in [5.74, 6) is -0.845. The molecule has 0 bridgehead atoms. The predicted octanol–water partition coefficient (Wildman–Crippen LogP) is 3.05. The molecule has 2 aromatic carbocycles. The Labute approximate surface area is 178 Å². The van der Waals surface area contributed by atoms with Crippen molar-refractivity contribution in [2.45, 2.75) is 37.0 Å². The second-order valence-corrected chi connectivity index (χ2v) is 10.7. The molecule has 0 saturated carbocycles. The lowest BCUT2D eigenvalue weighted by Crippen LogP contribution is -2.31. The van der Waals surface area contributed by atoms with Crippen LogP contribution in [0.5, 0.6) is 0 Å². The Balaban J connectivity index is 2.04. The molecule has 0 saturated heterocycles. The van der Waals surface area contributed by atoms with E-state index in [1.807, 2.05) is 0 Å². The Morgan fingerprint density at radius 2 is 1.60 bits per heavy atom. The lowest BCUT2D eigenvalue weighted by atomic mass is 10.1. The van der Waals surface area contributed by atoms with Gasteiger partial charge in [0.15, 0.2) is 9.84 Å². The molecule has 2 rings (SSSR count). The van der Waals surface area contributed by atoms with E-state index in [-0.39, 0.29) is 34.1 Å². The Morgan fingerprint density at radius 3 is 2.20 bits per heavy atom. The smallest absolute Gasteiger partial charge is 0.338 e. The summed E-state index contributed by atoms with van der Waals surface area (Å²) in [4.78, 5) is 12.6. The molecule has 0 atom stereocenters. The first-order chi connectivity index (χ1) is 14.1. The molecular weight excluding hydrogens is 426 g/mol. The summed E-state index contributed by atoms with van der Waals surface area (Å²) >= 11 is 0. The largest absolute Gasteiger partial charge is 0.462 e. The van der Waals surface area contributed by atoms with Crippen molar-refractivity contribution in [3.8, 4) is 0 Å². The molecule has 9 heteroatoms. The van der Waals surface area contributed by atoms with Crippen molar-refractivity contribution in [3.63, 3.8) is 0 Å². The average molecular weight is 454 g/mol. The van der Waals surface area contributed by atoms with Gasteiger partial charge in [-0.1, -0.05) is 38.1 Å². The van der Waals surface area contributed by atoms with E-state index >= 15 is 0 Å². The normalized spacial score (nSPS) is 12.1. The zero-order valence-corrected chi connectivity index (χ0v) is 19.0. The van der Waals surface area contributed by atoms with E-state index in [4.69, 9.17) is 4.74 Å². The van der Waals surface area contributed by atoms with Gasteiger partial charge in [0.25, 0.3) is 0 Å². The van der Waals surface area contributed by atoms with Gasteiger partial charge >= 0.3 is 5.97 Å². The second-order valence-electron chi connectivity index (χ2n) is 6.69. The lowest BCUT2D eigenvalue weighted by Gasteiger charge is -2.20. The Bertz CT molecular complexity index is 1080. The number of rotatable bonds is 10. The van der Waals surface area contributed by atoms with Gasteiger partial charge in [-0.3, -0.25) is 0 Å². The third kappa shape index (κ3) is 5.68. The third-order valence-electron chi connectivity index (χ3n) is 4.64. The van der Waals surface area contributed by atoms with E-state index in [9.17, 15) is 21.6 Å². The van der Waals surface area contributed by atoms with E-state index in [1.165, 1.54) is 28.6 Å². The van der Waals surface area contributed by atoms with Crippen LogP contribution in [0.15, 0.2) is 58.3 Å². The molecule has 0 heterocycles. The quantitative estimate of drug-likeness (QED) is 0.405. The fourth-order valence-corrected chi connectivity index (χ4v) is 5.96. The number of nitrogens with zero attached hydrogens (tertiary/aromatic N) is 1. The summed E-state index contributed by atoms with van der Waals surface area (Å²) in [7, 11) is -7.16. The van der Waals surface area contributed by atoms with Gasteiger partial charge in [-0.15, -0.1) is 0 Å². The highest BCUT2D eigenvalue weighted by Gasteiger charge is 2.25. The van der Waals surface area contributed by atoms with E-state index in [2.05, 4.69) is 0 Å². The van der Waals surface area contributed by atoms with Gasteiger partial charge < -0.3 is 4.74 Å². The predicted molar refractivity (Wildman–Crippen MR) is 115 cm³/mol. The molecular formula is C21H27NO6S2. The molecule has 0 fully saturated rings. The van der Waals surface area contributed by atoms with Gasteiger partial charge in [-0.25, -0.2) is 21.6 Å². The first kappa shape index (κ1) is 24.0. The molecule has 0 aliphatic carbocycles. The van der Waals surface area contributed by atoms with Gasteiger partial charge in [0.05, 0.1) is 27.7 Å². The van der Waals surface area contributed by atoms with E-state index in [1.54, 1.807) is 45.0 Å². The fourth-order valence-electron chi connectivity index (χ4n) is 2.95. The van der Waals surface area contributed by atoms with Gasteiger partial charge in [0.1, 0.15) is 0 Å². The molecule has 164 valence electrons. The minimum Gasteiger partial charge on any atom is -0.462 e. The Hall–Kier alpha value is -2.23. The number of sulfonamides is 1. The molecule has 0 amide bonds. The number of hydrogen-bond donors (Lipinski definition) is 0. The van der Waals surface area contributed by atoms with Crippen LogP contribution >= 0.6 is 0 Å². The summed E-state index contributed by atoms with van der Waals surface area (Å²) in [6.45, 7) is 5.72. The maximum absolute atomic E-state index is 12.8. The molecule has 2 aromatic rings. The molecule has 0 aliphatic rings. The summed E-state index contributed by atoms with van der Waals surface area (Å²) < 4.78 is 56.6. The number of aryl methyl sites for hydroxylation is 1. The van der Waals surface area contributed by atoms with Crippen LogP contribution in [-0.4, -0.2) is 52.6 Å². The minimum atomic E-state index is -3.72. The summed E-state index contributed by atoms with van der Waals surface area (Å²) in [5.41, 5.74) is 0.643. The van der Waals surface area contributed by atoms with E-state index in [0.29, 0.717) is 18.7 Å². The van der Waals surface area contributed by atoms with Crippen LogP contribution in [0.1, 0.15) is 36.2 Å². The number of esters is 1. The van der Waals surface area contributed by atoms with Crippen molar-refractivity contribution in [1.29, 1.82) is 0 Å². The zero-order valence-electron chi connectivity index (χ0n) is 17.4. The lowest BCUT2D eigenvalue weighted by molar-refractivity contribution is 0.0505. The van der Waals surface area contributed by atoms with Crippen molar-refractivity contribution in [3.05, 3.63) is 59.7 Å². The number of benzene rings is 2. The van der Waals surface area contributed by atoms with Crippen molar-refractivity contribution in [2.24, 2.45) is 0 Å². The van der Waals surface area contributed by atoms with Crippen LogP contribution in [0.25, 0.3) is 0 Å². The SMILES string of the molecule is CCN(CC)S(=O)(=O)c1cc(C(=O)OCCCS(=O)(=O)c2ccccc2)ccc1C. The Morgan fingerprint density at radius 1 is 0.967 bits per heavy atom. The minimum absolute atomic E-state index is 0.0623. The van der Waals surface area contributed by atoms with Crippen LogP contribution < -0.4 is 0 Å². The van der Waals surface area contributed by atoms with E-state index < -0.39 is 25.8 Å². The van der Waals surface area contributed by atoms with Crippen molar-refractivity contribution in [2.75, 3.05) is 25.4 Å². The number of sulfone groups is 1. The van der Waals surface area contributed by atoms with Crippen LogP contribution in [0.4, 0.5) is 0 Å². The zero-order chi connectivity index (χ0) is 22.4. The maximum atomic E-state index is 12.8. The molecule has 0 N–H and O–H groups in total. The van der Waals surface area contributed by atoms with Crippen LogP contribution in [0.3, 0.4) is 0 Å². The van der Waals surface area contributed by atoms with Gasteiger partial charge in [-0.2, -0.15) is 4.31 Å². The summed E-state index contributed by atoms with van der Waals surface area (Å²) in [5, 5.41) is 0. The topological polar surface area (TPSA) is 97.8 Å². The summed E-state index contributed by atoms with van der Waals surface area (Å²) in [6.07, 6.45) is 0.138. The van der Waals surface area contributed by atoms with Gasteiger partial charge in [-0.05, 0) is 43.2 Å². The highest BCUT2D eigenvalue weighted by molar-refractivity contribution is 7.91. The standard InChI is InChI=1S/C21H27NO6S2/c1-4-22(5-2)30(26,27)20-16-18(13-12-17(20)3)21(23)28-14-9-15-29(24,25)19-10-7-6-8-11-19/h6-8,10-13,16H,4-5,9,14-15H2,1-3H3. The summed E-state index contributed by atoms with van der Waals surface area (Å²) in [6, 6.07) is 12.4. The highest BCUT2D eigenvalue weighted by Crippen LogP contribution is 2.22. The molecule has 0 aromatic heterocycles. The monoisotopic (exact) mass is 453 g/mol. The molecule has 0 spiro atoms. The van der Waals surface area contributed by atoms with E-state index in [0.717, 1.165) is 0 Å². The number of ether oxygens (including phenoxy) is 1. The van der Waals surface area contributed by atoms with Crippen molar-refractivity contribution >= 4 is 25.8 Å². The fraction of sp³-hybridized carbons (Fsp3) is 0.381. The molecule has 0 radical (unpaired) electrons. The first-order valence-electron chi connectivity index (χ1n) is 9.69. The van der Waals surface area contributed by atoms with Gasteiger partial charge in [0.2, 0.25) is 10.0 Å². The van der Waals surface area contributed by atoms with Crippen molar-refractivity contribution < 1.29 is 26.4 Å². The Kier molecular flexibility index (Phi) is 8.17. The molecule has 30 heavy (non-hydrogen) atoms. The van der Waals surface area contributed by atoms with Crippen LogP contribution in [0.2, 0.25) is 0 Å². The van der Waals surface area contributed by atoms with Crippen LogP contribution in [0, 0.1) is 6.92 Å². The second kappa shape index (κ2) is 10.2. The van der Waals surface area contributed by atoms with Crippen LogP contribution in [-0.2, 0) is 24.6 Å². The number of carbonyl (C=O) groups excluding carboxylic acids is 1.